The molecule has 0 saturated heterocycles. The number of nitrogens with zero attached hydrogens (tertiary/aromatic N) is 1. The zero-order valence-electron chi connectivity index (χ0n) is 46.5. The van der Waals surface area contributed by atoms with Crippen LogP contribution in [0.25, 0.3) is 0 Å². The van der Waals surface area contributed by atoms with Crippen LogP contribution in [0.2, 0.25) is 0 Å². The van der Waals surface area contributed by atoms with Gasteiger partial charge in [-0.05, 0) is 57.4 Å². The van der Waals surface area contributed by atoms with Gasteiger partial charge in [-0.3, -0.25) is 14.2 Å². The summed E-state index contributed by atoms with van der Waals surface area (Å²) in [6.45, 7) is 6.86. The number of rotatable bonds is 54. The van der Waals surface area contributed by atoms with Crippen LogP contribution in [-0.2, 0) is 27.9 Å². The quantitative estimate of drug-likeness (QED) is 0.0212. The molecule has 0 aromatic carbocycles. The van der Waals surface area contributed by atoms with E-state index in [4.69, 9.17) is 13.8 Å². The Labute approximate surface area is 428 Å². The number of allylic oxidation sites excluding steroid dienone is 3. The fraction of sp³-hybridized carbons (Fsp3) is 0.898. The second-order valence-corrected chi connectivity index (χ2v) is 22.9. The molecular formula is C59H115N2O7P. The summed E-state index contributed by atoms with van der Waals surface area (Å²) in [6.07, 6.45) is 57.1. The SMILES string of the molecule is CCCCCCCC/C=C/CCCCCCCCCC(=O)OC(/C=C/CCCCCCCCCCC)C(COP(=O)([O-])OCC[N+](C)(C)C)NC(=O)CCCCCCCCCCCCCCCCC. The molecule has 0 heterocycles. The van der Waals surface area contributed by atoms with Crippen LogP contribution in [0.1, 0.15) is 290 Å². The van der Waals surface area contributed by atoms with Crippen molar-refractivity contribution >= 4 is 19.7 Å². The number of phosphoric ester groups is 1. The average Bonchev–Trinajstić information content (AvgIpc) is 3.31. The molecule has 9 nitrogen and oxygen atoms in total. The summed E-state index contributed by atoms with van der Waals surface area (Å²) in [5.41, 5.74) is 0. The van der Waals surface area contributed by atoms with Gasteiger partial charge in [-0.2, -0.15) is 0 Å². The number of quaternary nitrogens is 1. The maximum Gasteiger partial charge on any atom is 0.306 e. The first-order valence-corrected chi connectivity index (χ1v) is 31.1. The minimum absolute atomic E-state index is 0.0196. The van der Waals surface area contributed by atoms with Crippen LogP contribution in [-0.4, -0.2) is 69.4 Å². The number of ether oxygens (including phenoxy) is 1. The molecular weight excluding hydrogens is 880 g/mol. The van der Waals surface area contributed by atoms with Crippen LogP contribution in [0.4, 0.5) is 0 Å². The molecule has 0 fully saturated rings. The van der Waals surface area contributed by atoms with E-state index in [9.17, 15) is 19.0 Å². The van der Waals surface area contributed by atoms with Crippen LogP contribution >= 0.6 is 7.82 Å². The van der Waals surface area contributed by atoms with Crippen LogP contribution in [0, 0.1) is 0 Å². The van der Waals surface area contributed by atoms with Crippen molar-refractivity contribution in [1.29, 1.82) is 0 Å². The van der Waals surface area contributed by atoms with Crippen molar-refractivity contribution in [2.24, 2.45) is 0 Å². The third kappa shape index (κ3) is 51.2. The van der Waals surface area contributed by atoms with E-state index in [-0.39, 0.29) is 31.5 Å². The summed E-state index contributed by atoms with van der Waals surface area (Å²) in [5, 5.41) is 3.03. The van der Waals surface area contributed by atoms with Crippen molar-refractivity contribution in [3.05, 3.63) is 24.3 Å². The van der Waals surface area contributed by atoms with Crippen LogP contribution < -0.4 is 10.2 Å². The number of hydrogen-bond donors (Lipinski definition) is 1. The molecule has 0 aliphatic carbocycles. The zero-order valence-corrected chi connectivity index (χ0v) is 47.4. The number of hydrogen-bond acceptors (Lipinski definition) is 7. The van der Waals surface area contributed by atoms with Gasteiger partial charge in [0.05, 0.1) is 33.8 Å². The summed E-state index contributed by atoms with van der Waals surface area (Å²) in [4.78, 5) is 39.8. The molecule has 0 aromatic rings. The second kappa shape index (κ2) is 50.0. The molecule has 0 aromatic heterocycles. The molecule has 0 bridgehead atoms. The number of nitrogens with one attached hydrogen (secondary N) is 1. The normalized spacial score (nSPS) is 13.9. The molecule has 0 saturated carbocycles. The molecule has 1 amide bonds. The van der Waals surface area contributed by atoms with Crippen LogP contribution in [0.5, 0.6) is 0 Å². The van der Waals surface area contributed by atoms with Gasteiger partial charge < -0.3 is 28.5 Å². The Hall–Kier alpha value is -1.51. The molecule has 10 heteroatoms. The number of carbonyl (C=O) groups excluding carboxylic acids is 2. The Bertz CT molecular complexity index is 1240. The predicted molar refractivity (Wildman–Crippen MR) is 293 cm³/mol. The first-order chi connectivity index (χ1) is 33.4. The number of amides is 1. The number of phosphoric acid groups is 1. The van der Waals surface area contributed by atoms with Gasteiger partial charge in [-0.15, -0.1) is 0 Å². The highest BCUT2D eigenvalue weighted by Gasteiger charge is 2.27. The van der Waals surface area contributed by atoms with E-state index in [1.807, 2.05) is 33.3 Å². The smallest absolute Gasteiger partial charge is 0.306 e. The number of esters is 1. The van der Waals surface area contributed by atoms with Crippen molar-refractivity contribution in [2.75, 3.05) is 40.9 Å². The fourth-order valence-electron chi connectivity index (χ4n) is 8.75. The Kier molecular flexibility index (Phi) is 48.9. The summed E-state index contributed by atoms with van der Waals surface area (Å²) in [6, 6.07) is -0.883. The molecule has 408 valence electrons. The van der Waals surface area contributed by atoms with E-state index in [0.29, 0.717) is 17.4 Å². The number of likely N-dealkylation sites (N-methyl/N-ethyl adjacent to an activating group) is 1. The van der Waals surface area contributed by atoms with Crippen LogP contribution in [0.3, 0.4) is 0 Å². The highest BCUT2D eigenvalue weighted by Crippen LogP contribution is 2.38. The first-order valence-electron chi connectivity index (χ1n) is 29.6. The van der Waals surface area contributed by atoms with E-state index in [1.54, 1.807) is 0 Å². The molecule has 0 radical (unpaired) electrons. The standard InChI is InChI=1S/C59H115N2O7P/c1-7-10-13-16-19-22-25-27-29-30-32-34-37-40-43-46-49-52-59(63)68-57(50-47-44-41-38-35-24-21-18-15-12-9-3)56(55-67-69(64,65)66-54-53-61(4,5)6)60-58(62)51-48-45-42-39-36-33-31-28-26-23-20-17-14-11-8-2/h27,29,47,50,56-57H,7-26,28,30-46,48-49,51-55H2,1-6H3,(H-,60,62,64,65)/b29-27+,50-47+. The lowest BCUT2D eigenvalue weighted by atomic mass is 10.0. The minimum atomic E-state index is -4.69. The van der Waals surface area contributed by atoms with E-state index in [1.165, 1.54) is 193 Å². The monoisotopic (exact) mass is 995 g/mol. The lowest BCUT2D eigenvalue weighted by Gasteiger charge is -2.30. The predicted octanol–water partition coefficient (Wildman–Crippen LogP) is 17.1. The van der Waals surface area contributed by atoms with E-state index < -0.39 is 20.0 Å². The molecule has 69 heavy (non-hydrogen) atoms. The second-order valence-electron chi connectivity index (χ2n) is 21.5. The van der Waals surface area contributed by atoms with E-state index in [2.05, 4.69) is 38.2 Å². The summed E-state index contributed by atoms with van der Waals surface area (Å²) < 4.78 is 30.2. The fourth-order valence-corrected chi connectivity index (χ4v) is 9.48. The van der Waals surface area contributed by atoms with E-state index in [0.717, 1.165) is 64.2 Å². The zero-order chi connectivity index (χ0) is 50.8. The van der Waals surface area contributed by atoms with Gasteiger partial charge in [0.25, 0.3) is 7.82 Å². The Balaban J connectivity index is 5.26. The van der Waals surface area contributed by atoms with Gasteiger partial charge in [-0.25, -0.2) is 0 Å². The third-order valence-electron chi connectivity index (χ3n) is 13.4. The lowest BCUT2D eigenvalue weighted by Crippen LogP contribution is -2.47. The molecule has 1 N–H and O–H groups in total. The van der Waals surface area contributed by atoms with Gasteiger partial charge in [0.15, 0.2) is 0 Å². The maximum atomic E-state index is 13.5. The Morgan fingerprint density at radius 1 is 0.493 bits per heavy atom. The molecule has 3 unspecified atom stereocenters. The molecule has 0 aliphatic heterocycles. The molecule has 0 rings (SSSR count). The van der Waals surface area contributed by atoms with Gasteiger partial charge in [0.1, 0.15) is 19.3 Å². The van der Waals surface area contributed by atoms with Gasteiger partial charge >= 0.3 is 5.97 Å². The number of carbonyl (C=O) groups is 2. The number of unbranched alkanes of at least 4 members (excludes halogenated alkanes) is 36. The van der Waals surface area contributed by atoms with Crippen molar-refractivity contribution in [2.45, 2.75) is 303 Å². The summed E-state index contributed by atoms with van der Waals surface area (Å²) in [5.74, 6) is -0.533. The third-order valence-corrected chi connectivity index (χ3v) is 14.3. The van der Waals surface area contributed by atoms with Crippen molar-refractivity contribution in [3.8, 4) is 0 Å². The largest absolute Gasteiger partial charge is 0.756 e. The van der Waals surface area contributed by atoms with Crippen LogP contribution in [0.15, 0.2) is 24.3 Å². The first kappa shape index (κ1) is 67.5. The summed E-state index contributed by atoms with van der Waals surface area (Å²) in [7, 11) is 1.20. The highest BCUT2D eigenvalue weighted by atomic mass is 31.2. The van der Waals surface area contributed by atoms with E-state index >= 15 is 0 Å². The molecule has 3 atom stereocenters. The van der Waals surface area contributed by atoms with Gasteiger partial charge in [-0.1, -0.05) is 244 Å². The molecule has 0 aliphatic rings. The topological polar surface area (TPSA) is 114 Å². The van der Waals surface area contributed by atoms with Crippen molar-refractivity contribution in [3.63, 3.8) is 0 Å². The maximum absolute atomic E-state index is 13.5. The minimum Gasteiger partial charge on any atom is -0.756 e. The van der Waals surface area contributed by atoms with Crippen molar-refractivity contribution < 1.29 is 37.3 Å². The average molecular weight is 996 g/mol. The molecule has 0 spiro atoms. The van der Waals surface area contributed by atoms with Crippen molar-refractivity contribution in [1.82, 2.24) is 5.32 Å². The van der Waals surface area contributed by atoms with Gasteiger partial charge in [0.2, 0.25) is 5.91 Å². The highest BCUT2D eigenvalue weighted by molar-refractivity contribution is 7.45. The Morgan fingerprint density at radius 3 is 1.23 bits per heavy atom. The Morgan fingerprint density at radius 2 is 0.841 bits per heavy atom. The van der Waals surface area contributed by atoms with Gasteiger partial charge in [0, 0.05) is 12.8 Å². The summed E-state index contributed by atoms with van der Waals surface area (Å²) >= 11 is 0. The lowest BCUT2D eigenvalue weighted by molar-refractivity contribution is -0.870.